The molecule has 0 aliphatic rings. The summed E-state index contributed by atoms with van der Waals surface area (Å²) in [7, 11) is 0. The van der Waals surface area contributed by atoms with E-state index in [1.54, 1.807) is 41.5 Å². The molecule has 0 aliphatic carbocycles. The van der Waals surface area contributed by atoms with Crippen molar-refractivity contribution in [2.24, 2.45) is 0 Å². The molecule has 2 amide bonds. The zero-order valence-electron chi connectivity index (χ0n) is 14.5. The number of amides is 2. The summed E-state index contributed by atoms with van der Waals surface area (Å²) < 4.78 is 10.3. The molecule has 1 N–H and O–H groups in total. The number of hydrogen-bond acceptors (Lipinski definition) is 7. The van der Waals surface area contributed by atoms with E-state index in [2.05, 4.69) is 9.97 Å². The third-order valence-corrected chi connectivity index (χ3v) is 2.24. The maximum atomic E-state index is 12.3. The number of nitrogens with zero attached hydrogens (tertiary/aromatic N) is 3. The highest BCUT2D eigenvalue weighted by Gasteiger charge is 2.34. The Morgan fingerprint density at radius 2 is 1.29 bits per heavy atom. The second kappa shape index (κ2) is 6.81. The van der Waals surface area contributed by atoms with Gasteiger partial charge in [0.15, 0.2) is 0 Å². The molecule has 0 unspecified atom stereocenters. The van der Waals surface area contributed by atoms with Gasteiger partial charge in [0, 0.05) is 12.4 Å². The molecule has 9 heteroatoms. The van der Waals surface area contributed by atoms with Gasteiger partial charge in [-0.25, -0.2) is 24.4 Å². The van der Waals surface area contributed by atoms with Crippen molar-refractivity contribution in [1.82, 2.24) is 9.97 Å². The van der Waals surface area contributed by atoms with Gasteiger partial charge >= 0.3 is 18.2 Å². The van der Waals surface area contributed by atoms with Gasteiger partial charge in [-0.05, 0) is 41.5 Å². The predicted molar refractivity (Wildman–Crippen MR) is 83.9 cm³/mol. The summed E-state index contributed by atoms with van der Waals surface area (Å²) in [6.07, 6.45) is -0.0987. The molecule has 1 aromatic heterocycles. The Balaban J connectivity index is 3.19. The van der Waals surface area contributed by atoms with Crippen LogP contribution in [0.25, 0.3) is 0 Å². The van der Waals surface area contributed by atoms with Gasteiger partial charge in [0.05, 0.1) is 5.56 Å². The topological polar surface area (TPSA) is 119 Å². The van der Waals surface area contributed by atoms with Crippen LogP contribution >= 0.6 is 0 Å². The Labute approximate surface area is 139 Å². The van der Waals surface area contributed by atoms with E-state index >= 15 is 0 Å². The van der Waals surface area contributed by atoms with Crippen LogP contribution in [0.2, 0.25) is 0 Å². The summed E-state index contributed by atoms with van der Waals surface area (Å²) in [5.74, 6) is -1.58. The van der Waals surface area contributed by atoms with Crippen LogP contribution in [0.1, 0.15) is 51.9 Å². The number of carboxylic acids is 1. The van der Waals surface area contributed by atoms with E-state index in [1.165, 1.54) is 0 Å². The fourth-order valence-electron chi connectivity index (χ4n) is 1.40. The SMILES string of the molecule is CC(C)(C)OC(=O)N(C(=O)OC(C)(C)C)c1ncc(C(=O)O)cn1. The van der Waals surface area contributed by atoms with E-state index in [4.69, 9.17) is 14.6 Å². The van der Waals surface area contributed by atoms with Crippen molar-refractivity contribution in [3.63, 3.8) is 0 Å². The van der Waals surface area contributed by atoms with Crippen molar-refractivity contribution >= 4 is 24.1 Å². The first-order valence-corrected chi connectivity index (χ1v) is 7.11. The Hall–Kier alpha value is -2.71. The first-order valence-electron chi connectivity index (χ1n) is 7.11. The first kappa shape index (κ1) is 19.3. The van der Waals surface area contributed by atoms with E-state index in [0.717, 1.165) is 12.4 Å². The molecule has 1 rings (SSSR count). The average molecular weight is 339 g/mol. The summed E-state index contributed by atoms with van der Waals surface area (Å²) in [6.45, 7) is 9.79. The van der Waals surface area contributed by atoms with Gasteiger partial charge in [-0.1, -0.05) is 0 Å². The molecule has 1 heterocycles. The lowest BCUT2D eigenvalue weighted by Gasteiger charge is -2.27. The number of carboxylic acid groups (broad SMARTS) is 1. The number of rotatable bonds is 2. The van der Waals surface area contributed by atoms with Crippen molar-refractivity contribution in [3.05, 3.63) is 18.0 Å². The molecule has 24 heavy (non-hydrogen) atoms. The lowest BCUT2D eigenvalue weighted by Crippen LogP contribution is -2.44. The van der Waals surface area contributed by atoms with Crippen LogP contribution in [0, 0.1) is 0 Å². The molecule has 132 valence electrons. The molecule has 0 bridgehead atoms. The minimum atomic E-state index is -1.23. The lowest BCUT2D eigenvalue weighted by atomic mass is 10.2. The Kier molecular flexibility index (Phi) is 5.49. The number of anilines is 1. The summed E-state index contributed by atoms with van der Waals surface area (Å²) >= 11 is 0. The highest BCUT2D eigenvalue weighted by atomic mass is 16.6. The first-order chi connectivity index (χ1) is 10.8. The number of carbonyl (C=O) groups excluding carboxylic acids is 2. The number of imide groups is 1. The second-order valence-corrected chi connectivity index (χ2v) is 6.87. The largest absolute Gasteiger partial charge is 0.478 e. The fraction of sp³-hybridized carbons (Fsp3) is 0.533. The van der Waals surface area contributed by atoms with E-state index in [-0.39, 0.29) is 11.5 Å². The van der Waals surface area contributed by atoms with Gasteiger partial charge in [-0.15, -0.1) is 4.90 Å². The third-order valence-electron chi connectivity index (χ3n) is 2.24. The maximum absolute atomic E-state index is 12.3. The molecular weight excluding hydrogens is 318 g/mol. The Bertz CT molecular complexity index is 600. The number of aromatic carboxylic acids is 1. The van der Waals surface area contributed by atoms with Crippen LogP contribution in [-0.4, -0.2) is 44.4 Å². The smallest absolute Gasteiger partial charge is 0.427 e. The summed E-state index contributed by atoms with van der Waals surface area (Å²) in [6, 6.07) is 0. The summed E-state index contributed by atoms with van der Waals surface area (Å²) in [5, 5.41) is 8.86. The van der Waals surface area contributed by atoms with Gasteiger partial charge in [-0.2, -0.15) is 0 Å². The van der Waals surface area contributed by atoms with Crippen LogP contribution in [0.3, 0.4) is 0 Å². The zero-order valence-corrected chi connectivity index (χ0v) is 14.5. The van der Waals surface area contributed by atoms with E-state index < -0.39 is 29.4 Å². The molecule has 0 spiro atoms. The summed E-state index contributed by atoms with van der Waals surface area (Å²) in [5.41, 5.74) is -1.91. The van der Waals surface area contributed by atoms with Crippen molar-refractivity contribution in [3.8, 4) is 0 Å². The molecule has 0 saturated heterocycles. The summed E-state index contributed by atoms with van der Waals surface area (Å²) in [4.78, 5) is 43.5. The highest BCUT2D eigenvalue weighted by molar-refractivity contribution is 6.08. The van der Waals surface area contributed by atoms with Crippen molar-refractivity contribution in [2.45, 2.75) is 52.7 Å². The quantitative estimate of drug-likeness (QED) is 0.873. The molecule has 0 radical (unpaired) electrons. The van der Waals surface area contributed by atoms with Crippen molar-refractivity contribution < 1.29 is 29.0 Å². The van der Waals surface area contributed by atoms with Gasteiger partial charge in [0.25, 0.3) is 0 Å². The van der Waals surface area contributed by atoms with Crippen molar-refractivity contribution in [2.75, 3.05) is 4.90 Å². The van der Waals surface area contributed by atoms with Crippen LogP contribution < -0.4 is 4.90 Å². The van der Waals surface area contributed by atoms with Crippen LogP contribution in [0.4, 0.5) is 15.5 Å². The van der Waals surface area contributed by atoms with Gasteiger partial charge in [0.1, 0.15) is 11.2 Å². The maximum Gasteiger partial charge on any atom is 0.427 e. The Morgan fingerprint density at radius 3 is 1.58 bits per heavy atom. The molecule has 0 fully saturated rings. The minimum Gasteiger partial charge on any atom is -0.478 e. The predicted octanol–water partition coefficient (Wildman–Crippen LogP) is 2.85. The zero-order chi connectivity index (χ0) is 18.7. The fourth-order valence-corrected chi connectivity index (χ4v) is 1.40. The van der Waals surface area contributed by atoms with Gasteiger partial charge in [-0.3, -0.25) is 0 Å². The number of carbonyl (C=O) groups is 3. The lowest BCUT2D eigenvalue weighted by molar-refractivity contribution is 0.0427. The normalized spacial score (nSPS) is 11.6. The second-order valence-electron chi connectivity index (χ2n) is 6.87. The van der Waals surface area contributed by atoms with E-state index in [0.29, 0.717) is 4.90 Å². The number of hydrogen-bond donors (Lipinski definition) is 1. The molecule has 0 saturated carbocycles. The van der Waals surface area contributed by atoms with Crippen LogP contribution in [0.5, 0.6) is 0 Å². The average Bonchev–Trinajstić information content (AvgIpc) is 2.34. The number of ether oxygens (including phenoxy) is 2. The molecule has 0 atom stereocenters. The monoisotopic (exact) mass is 339 g/mol. The van der Waals surface area contributed by atoms with E-state index in [1.807, 2.05) is 0 Å². The molecule has 9 nitrogen and oxygen atoms in total. The van der Waals surface area contributed by atoms with Crippen LogP contribution in [-0.2, 0) is 9.47 Å². The van der Waals surface area contributed by atoms with Gasteiger partial charge in [0.2, 0.25) is 5.95 Å². The number of aromatic nitrogens is 2. The Morgan fingerprint density at radius 1 is 0.917 bits per heavy atom. The van der Waals surface area contributed by atoms with Gasteiger partial charge < -0.3 is 14.6 Å². The van der Waals surface area contributed by atoms with E-state index in [9.17, 15) is 14.4 Å². The standard InChI is InChI=1S/C15H21N3O6/c1-14(2,3)23-12(21)18(13(22)24-15(4,5)6)11-16-7-9(8-17-11)10(19)20/h7-8H,1-6H3,(H,19,20). The molecular formula is C15H21N3O6. The molecule has 0 aromatic carbocycles. The van der Waals surface area contributed by atoms with Crippen LogP contribution in [0.15, 0.2) is 12.4 Å². The molecule has 1 aromatic rings. The highest BCUT2D eigenvalue weighted by Crippen LogP contribution is 2.18. The molecule has 0 aliphatic heterocycles. The van der Waals surface area contributed by atoms with Crippen molar-refractivity contribution in [1.29, 1.82) is 0 Å². The minimum absolute atomic E-state index is 0.188. The third kappa shape index (κ3) is 5.82.